The molecular weight excluding hydrogens is 224 g/mol. The number of allylic oxidation sites excluding steroid dienone is 2. The Balaban J connectivity index is 2.11. The molecule has 0 aromatic rings. The van der Waals surface area contributed by atoms with Gasteiger partial charge in [-0.1, -0.05) is 25.0 Å². The van der Waals surface area contributed by atoms with Crippen molar-refractivity contribution in [3.63, 3.8) is 0 Å². The maximum absolute atomic E-state index is 11.5. The zero-order chi connectivity index (χ0) is 13.3. The zero-order valence-electron chi connectivity index (χ0n) is 11.7. The van der Waals surface area contributed by atoms with Gasteiger partial charge in [-0.25, -0.2) is 5.53 Å². The minimum absolute atomic E-state index is 0.0949. The Morgan fingerprint density at radius 2 is 2.17 bits per heavy atom. The third kappa shape index (κ3) is 2.40. The lowest BCUT2D eigenvalue weighted by Gasteiger charge is -2.36. The molecule has 2 rings (SSSR count). The van der Waals surface area contributed by atoms with Gasteiger partial charge in [0.15, 0.2) is 0 Å². The zero-order valence-corrected chi connectivity index (χ0v) is 11.7. The fraction of sp³-hybridized carbons (Fsp3) is 0.800. The molecule has 2 aliphatic rings. The monoisotopic (exact) mass is 248 g/mol. The molecule has 0 aliphatic heterocycles. The Bertz CT molecular complexity index is 386. The summed E-state index contributed by atoms with van der Waals surface area (Å²) >= 11 is 0. The van der Waals surface area contributed by atoms with Crippen LogP contribution in [0.15, 0.2) is 16.3 Å². The lowest BCUT2D eigenvalue weighted by molar-refractivity contribution is -0.122. The molecule has 0 spiro atoms. The van der Waals surface area contributed by atoms with E-state index in [4.69, 9.17) is 5.53 Å². The number of nitrogens with one attached hydrogen (secondary N) is 1. The number of carbonyl (C=O) groups is 1. The second-order valence-electron chi connectivity index (χ2n) is 6.22. The van der Waals surface area contributed by atoms with E-state index >= 15 is 0 Å². The molecule has 4 atom stereocenters. The Kier molecular flexibility index (Phi) is 3.98. The number of hydrogen-bond donors (Lipinski definition) is 1. The van der Waals surface area contributed by atoms with Crippen LogP contribution >= 0.6 is 0 Å². The molecule has 0 radical (unpaired) electrons. The van der Waals surface area contributed by atoms with Crippen LogP contribution in [0.2, 0.25) is 0 Å². The van der Waals surface area contributed by atoms with Gasteiger partial charge in [0, 0.05) is 5.92 Å². The summed E-state index contributed by atoms with van der Waals surface area (Å²) in [6.07, 6.45) is 5.93. The number of carbonyl (C=O) groups excluding carboxylic acids is 1. The van der Waals surface area contributed by atoms with Crippen molar-refractivity contribution >= 4 is 5.91 Å². The first-order chi connectivity index (χ1) is 8.54. The summed E-state index contributed by atoms with van der Waals surface area (Å²) in [5, 5.41) is 3.07. The van der Waals surface area contributed by atoms with E-state index in [1.807, 2.05) is 6.92 Å². The van der Waals surface area contributed by atoms with E-state index < -0.39 is 0 Å². The van der Waals surface area contributed by atoms with Crippen LogP contribution in [0.3, 0.4) is 0 Å². The van der Waals surface area contributed by atoms with Gasteiger partial charge in [0.1, 0.15) is 0 Å². The van der Waals surface area contributed by atoms with E-state index in [1.165, 1.54) is 25.7 Å². The molecule has 1 fully saturated rings. The molecule has 100 valence electrons. The van der Waals surface area contributed by atoms with E-state index in [2.05, 4.69) is 19.0 Å². The van der Waals surface area contributed by atoms with Crippen molar-refractivity contribution < 1.29 is 4.79 Å². The maximum Gasteiger partial charge on any atom is 0.266 e. The molecule has 4 unspecified atom stereocenters. The van der Waals surface area contributed by atoms with Crippen LogP contribution in [0.4, 0.5) is 0 Å². The molecule has 0 bridgehead atoms. The molecule has 0 aromatic carbocycles. The largest absolute Gasteiger partial charge is 0.271 e. The van der Waals surface area contributed by atoms with Gasteiger partial charge >= 0.3 is 0 Å². The van der Waals surface area contributed by atoms with E-state index in [0.29, 0.717) is 5.92 Å². The standard InChI is InChI=1S/C15H24N2O/c1-9-4-6-12(8-11(3)15(18)17-16)14-10(2)5-7-13(9)14/h9,11-13,16H,4-8H2,1-3H3. The number of amides is 1. The smallest absolute Gasteiger partial charge is 0.266 e. The Morgan fingerprint density at radius 3 is 2.83 bits per heavy atom. The van der Waals surface area contributed by atoms with Crippen molar-refractivity contribution in [3.05, 3.63) is 11.1 Å². The number of hydrogen-bond acceptors (Lipinski definition) is 2. The Morgan fingerprint density at radius 1 is 1.44 bits per heavy atom. The van der Waals surface area contributed by atoms with Gasteiger partial charge in [0.2, 0.25) is 0 Å². The fourth-order valence-corrected chi connectivity index (χ4v) is 3.93. The molecule has 2 aliphatic carbocycles. The third-order valence-corrected chi connectivity index (χ3v) is 4.99. The highest BCUT2D eigenvalue weighted by atomic mass is 16.1. The summed E-state index contributed by atoms with van der Waals surface area (Å²) in [6, 6.07) is 0. The molecule has 1 saturated carbocycles. The number of fused-ring (bicyclic) bond motifs is 1. The topological polar surface area (TPSA) is 53.3 Å². The van der Waals surface area contributed by atoms with Gasteiger partial charge in [-0.2, -0.15) is 0 Å². The minimum Gasteiger partial charge on any atom is -0.271 e. The summed E-state index contributed by atoms with van der Waals surface area (Å²) in [5.41, 5.74) is 10.1. The van der Waals surface area contributed by atoms with Gasteiger partial charge in [-0.15, -0.1) is 5.11 Å². The fourth-order valence-electron chi connectivity index (χ4n) is 3.93. The van der Waals surface area contributed by atoms with Gasteiger partial charge in [0.25, 0.3) is 5.91 Å². The summed E-state index contributed by atoms with van der Waals surface area (Å²) in [6.45, 7) is 6.55. The van der Waals surface area contributed by atoms with Crippen LogP contribution < -0.4 is 0 Å². The quantitative estimate of drug-likeness (QED) is 0.586. The van der Waals surface area contributed by atoms with Crippen molar-refractivity contribution in [2.24, 2.45) is 28.8 Å². The van der Waals surface area contributed by atoms with Crippen molar-refractivity contribution in [2.45, 2.75) is 52.9 Å². The van der Waals surface area contributed by atoms with Crippen LogP contribution in [0.1, 0.15) is 52.9 Å². The molecule has 18 heavy (non-hydrogen) atoms. The van der Waals surface area contributed by atoms with Crippen LogP contribution in [-0.4, -0.2) is 5.91 Å². The van der Waals surface area contributed by atoms with Gasteiger partial charge in [-0.05, 0) is 56.8 Å². The predicted molar refractivity (Wildman–Crippen MR) is 71.2 cm³/mol. The molecule has 0 saturated heterocycles. The van der Waals surface area contributed by atoms with Crippen LogP contribution in [0.25, 0.3) is 0 Å². The first-order valence-electron chi connectivity index (χ1n) is 7.15. The van der Waals surface area contributed by atoms with Crippen molar-refractivity contribution in [3.8, 4) is 0 Å². The van der Waals surface area contributed by atoms with Gasteiger partial charge in [-0.3, -0.25) is 4.79 Å². The number of nitrogens with zero attached hydrogens (tertiary/aromatic N) is 1. The lowest BCUT2D eigenvalue weighted by atomic mass is 9.69. The lowest BCUT2D eigenvalue weighted by Crippen LogP contribution is -2.26. The summed E-state index contributed by atoms with van der Waals surface area (Å²) in [5.74, 6) is 1.78. The SMILES string of the molecule is CC1=C2C(CC(C)C(=O)N=N)CCC(C)C2CC1. The van der Waals surface area contributed by atoms with E-state index in [-0.39, 0.29) is 11.8 Å². The van der Waals surface area contributed by atoms with E-state index in [1.54, 1.807) is 11.1 Å². The van der Waals surface area contributed by atoms with Crippen LogP contribution in [0.5, 0.6) is 0 Å². The van der Waals surface area contributed by atoms with Crippen molar-refractivity contribution in [2.75, 3.05) is 0 Å². The predicted octanol–water partition coefficient (Wildman–Crippen LogP) is 4.34. The van der Waals surface area contributed by atoms with E-state index in [0.717, 1.165) is 18.3 Å². The summed E-state index contributed by atoms with van der Waals surface area (Å²) < 4.78 is 0. The average Bonchev–Trinajstić information content (AvgIpc) is 2.75. The summed E-state index contributed by atoms with van der Waals surface area (Å²) in [7, 11) is 0. The Hall–Kier alpha value is -0.990. The molecule has 1 N–H and O–H groups in total. The average molecular weight is 248 g/mol. The summed E-state index contributed by atoms with van der Waals surface area (Å²) in [4.78, 5) is 11.5. The van der Waals surface area contributed by atoms with Crippen molar-refractivity contribution in [1.29, 1.82) is 5.53 Å². The van der Waals surface area contributed by atoms with Crippen molar-refractivity contribution in [1.82, 2.24) is 0 Å². The molecular formula is C15H24N2O. The highest BCUT2D eigenvalue weighted by molar-refractivity contribution is 5.78. The van der Waals surface area contributed by atoms with Crippen LogP contribution in [0, 0.1) is 29.2 Å². The second-order valence-corrected chi connectivity index (χ2v) is 6.22. The molecule has 3 heteroatoms. The maximum atomic E-state index is 11.5. The number of rotatable bonds is 3. The molecule has 0 aromatic heterocycles. The first kappa shape index (κ1) is 13.4. The highest BCUT2D eigenvalue weighted by Crippen LogP contribution is 2.49. The molecule has 1 amide bonds. The van der Waals surface area contributed by atoms with E-state index in [9.17, 15) is 4.79 Å². The molecule has 0 heterocycles. The first-order valence-corrected chi connectivity index (χ1v) is 7.15. The Labute approximate surface area is 110 Å². The molecule has 3 nitrogen and oxygen atoms in total. The second kappa shape index (κ2) is 5.33. The van der Waals surface area contributed by atoms with Gasteiger partial charge < -0.3 is 0 Å². The normalized spacial score (nSPS) is 33.2. The van der Waals surface area contributed by atoms with Gasteiger partial charge in [0.05, 0.1) is 0 Å². The highest BCUT2D eigenvalue weighted by Gasteiger charge is 2.37. The minimum atomic E-state index is -0.263. The van der Waals surface area contributed by atoms with Crippen LogP contribution in [-0.2, 0) is 4.79 Å². The third-order valence-electron chi connectivity index (χ3n) is 4.99.